The van der Waals surface area contributed by atoms with E-state index in [0.29, 0.717) is 16.6 Å². The van der Waals surface area contributed by atoms with E-state index in [-0.39, 0.29) is 0 Å². The van der Waals surface area contributed by atoms with Gasteiger partial charge in [-0.3, -0.25) is 4.98 Å². The molecule has 1 aliphatic heterocycles. The molecule has 1 saturated heterocycles. The summed E-state index contributed by atoms with van der Waals surface area (Å²) < 4.78 is 5.38. The van der Waals surface area contributed by atoms with Crippen molar-refractivity contribution < 1.29 is 4.74 Å². The zero-order valence-electron chi connectivity index (χ0n) is 10.6. The predicted octanol–water partition coefficient (Wildman–Crippen LogP) is 1.58. The lowest BCUT2D eigenvalue weighted by atomic mass is 9.99. The lowest BCUT2D eigenvalue weighted by molar-refractivity contribution is 0.0685. The second kappa shape index (κ2) is 6.11. The monoisotopic (exact) mass is 265 g/mol. The van der Waals surface area contributed by atoms with Crippen molar-refractivity contribution in [3.8, 4) is 0 Å². The SMILES string of the molecule is CN(CC1CCOCC1)c1cccnc1C(N)=S. The fraction of sp³-hybridized carbons (Fsp3) is 0.538. The molecule has 18 heavy (non-hydrogen) atoms. The van der Waals surface area contributed by atoms with Crippen molar-refractivity contribution in [2.45, 2.75) is 12.8 Å². The van der Waals surface area contributed by atoms with Crippen molar-refractivity contribution >= 4 is 22.9 Å². The van der Waals surface area contributed by atoms with Gasteiger partial charge in [0.1, 0.15) is 10.7 Å². The summed E-state index contributed by atoms with van der Waals surface area (Å²) in [6.45, 7) is 2.73. The molecule has 1 aromatic rings. The third-order valence-electron chi connectivity index (χ3n) is 3.30. The van der Waals surface area contributed by atoms with Gasteiger partial charge in [-0.2, -0.15) is 0 Å². The van der Waals surface area contributed by atoms with Gasteiger partial charge in [-0.1, -0.05) is 12.2 Å². The molecule has 2 heterocycles. The van der Waals surface area contributed by atoms with Crippen molar-refractivity contribution in [2.24, 2.45) is 11.7 Å². The molecule has 0 unspecified atom stereocenters. The number of nitrogens with zero attached hydrogens (tertiary/aromatic N) is 2. The molecule has 0 saturated carbocycles. The van der Waals surface area contributed by atoms with Gasteiger partial charge in [0.2, 0.25) is 0 Å². The quantitative estimate of drug-likeness (QED) is 0.838. The highest BCUT2D eigenvalue weighted by atomic mass is 32.1. The average Bonchev–Trinajstić information content (AvgIpc) is 2.40. The van der Waals surface area contributed by atoms with Gasteiger partial charge < -0.3 is 15.4 Å². The number of hydrogen-bond acceptors (Lipinski definition) is 4. The zero-order chi connectivity index (χ0) is 13.0. The van der Waals surface area contributed by atoms with Gasteiger partial charge in [-0.05, 0) is 30.9 Å². The Labute approximate surface area is 113 Å². The largest absolute Gasteiger partial charge is 0.388 e. The average molecular weight is 265 g/mol. The molecule has 0 bridgehead atoms. The summed E-state index contributed by atoms with van der Waals surface area (Å²) in [5.74, 6) is 0.670. The minimum Gasteiger partial charge on any atom is -0.388 e. The Balaban J connectivity index is 2.08. The van der Waals surface area contributed by atoms with Crippen molar-refractivity contribution in [1.29, 1.82) is 0 Å². The van der Waals surface area contributed by atoms with Crippen molar-refractivity contribution in [3.05, 3.63) is 24.0 Å². The molecule has 0 aliphatic carbocycles. The van der Waals surface area contributed by atoms with E-state index in [4.69, 9.17) is 22.7 Å². The number of nitrogens with two attached hydrogens (primary N) is 1. The smallest absolute Gasteiger partial charge is 0.124 e. The van der Waals surface area contributed by atoms with Crippen LogP contribution in [0.25, 0.3) is 0 Å². The molecule has 4 nitrogen and oxygen atoms in total. The molecule has 0 aromatic carbocycles. The summed E-state index contributed by atoms with van der Waals surface area (Å²) in [7, 11) is 2.06. The predicted molar refractivity (Wildman–Crippen MR) is 76.9 cm³/mol. The van der Waals surface area contributed by atoms with Crippen LogP contribution in [-0.2, 0) is 4.74 Å². The molecule has 1 aliphatic rings. The maximum absolute atomic E-state index is 5.71. The number of thiocarbonyl (C=S) groups is 1. The summed E-state index contributed by atoms with van der Waals surface area (Å²) in [5, 5.41) is 0. The topological polar surface area (TPSA) is 51.4 Å². The van der Waals surface area contributed by atoms with Crippen LogP contribution in [0.1, 0.15) is 18.5 Å². The first-order chi connectivity index (χ1) is 8.68. The highest BCUT2D eigenvalue weighted by Crippen LogP contribution is 2.21. The lowest BCUT2D eigenvalue weighted by Crippen LogP contribution is -2.31. The number of anilines is 1. The van der Waals surface area contributed by atoms with Gasteiger partial charge in [0.15, 0.2) is 0 Å². The van der Waals surface area contributed by atoms with Crippen molar-refractivity contribution in [1.82, 2.24) is 4.98 Å². The molecule has 0 spiro atoms. The minimum absolute atomic E-state index is 0.351. The van der Waals surface area contributed by atoms with E-state index in [0.717, 1.165) is 38.3 Å². The van der Waals surface area contributed by atoms with Crippen LogP contribution in [0.2, 0.25) is 0 Å². The third-order valence-corrected chi connectivity index (χ3v) is 3.50. The van der Waals surface area contributed by atoms with Crippen LogP contribution in [0.5, 0.6) is 0 Å². The van der Waals surface area contributed by atoms with Gasteiger partial charge in [0.25, 0.3) is 0 Å². The molecular formula is C13H19N3OS. The van der Waals surface area contributed by atoms with Crippen molar-refractivity contribution in [3.63, 3.8) is 0 Å². The summed E-state index contributed by atoms with van der Waals surface area (Å²) in [5.41, 5.74) is 7.43. The number of aromatic nitrogens is 1. The highest BCUT2D eigenvalue weighted by Gasteiger charge is 2.18. The van der Waals surface area contributed by atoms with Gasteiger partial charge in [0.05, 0.1) is 5.69 Å². The second-order valence-electron chi connectivity index (χ2n) is 4.67. The number of pyridine rings is 1. The molecule has 98 valence electrons. The lowest BCUT2D eigenvalue weighted by Gasteiger charge is -2.29. The number of ether oxygens (including phenoxy) is 1. The Kier molecular flexibility index (Phi) is 4.49. The van der Waals surface area contributed by atoms with Crippen LogP contribution < -0.4 is 10.6 Å². The Morgan fingerprint density at radius 1 is 1.56 bits per heavy atom. The number of rotatable bonds is 4. The fourth-order valence-corrected chi connectivity index (χ4v) is 2.47. The number of hydrogen-bond donors (Lipinski definition) is 1. The first-order valence-electron chi connectivity index (χ1n) is 6.22. The van der Waals surface area contributed by atoms with Crippen LogP contribution in [0.4, 0.5) is 5.69 Å². The standard InChI is InChI=1S/C13H19N3OS/c1-16(9-10-4-7-17-8-5-10)11-3-2-6-15-12(11)13(14)18/h2-3,6,10H,4-5,7-9H2,1H3,(H2,14,18). The summed E-state index contributed by atoms with van der Waals surface area (Å²) >= 11 is 5.04. The maximum atomic E-state index is 5.71. The van der Waals surface area contributed by atoms with Gasteiger partial charge in [-0.15, -0.1) is 0 Å². The highest BCUT2D eigenvalue weighted by molar-refractivity contribution is 7.80. The fourth-order valence-electron chi connectivity index (χ4n) is 2.31. The van der Waals surface area contributed by atoms with E-state index in [9.17, 15) is 0 Å². The summed E-state index contributed by atoms with van der Waals surface area (Å²) in [6, 6.07) is 3.93. The van der Waals surface area contributed by atoms with E-state index in [1.165, 1.54) is 0 Å². The Morgan fingerprint density at radius 3 is 2.94 bits per heavy atom. The second-order valence-corrected chi connectivity index (χ2v) is 5.11. The molecule has 2 N–H and O–H groups in total. The van der Waals surface area contributed by atoms with Crippen LogP contribution in [-0.4, -0.2) is 36.8 Å². The van der Waals surface area contributed by atoms with E-state index in [1.807, 2.05) is 12.1 Å². The first-order valence-corrected chi connectivity index (χ1v) is 6.63. The summed E-state index contributed by atoms with van der Waals surface area (Å²) in [4.78, 5) is 6.80. The Morgan fingerprint density at radius 2 is 2.28 bits per heavy atom. The van der Waals surface area contributed by atoms with Gasteiger partial charge in [0, 0.05) is 33.0 Å². The third kappa shape index (κ3) is 3.17. The minimum atomic E-state index is 0.351. The van der Waals surface area contributed by atoms with Crippen molar-refractivity contribution in [2.75, 3.05) is 31.7 Å². The van der Waals surface area contributed by atoms with Crippen LogP contribution in [0.3, 0.4) is 0 Å². The van der Waals surface area contributed by atoms with Crippen LogP contribution >= 0.6 is 12.2 Å². The van der Waals surface area contributed by atoms with Gasteiger partial charge in [-0.25, -0.2) is 0 Å². The normalized spacial score (nSPS) is 16.5. The van der Waals surface area contributed by atoms with Gasteiger partial charge >= 0.3 is 0 Å². The van der Waals surface area contributed by atoms with E-state index in [2.05, 4.69) is 16.9 Å². The summed E-state index contributed by atoms with van der Waals surface area (Å²) in [6.07, 6.45) is 3.96. The molecule has 0 amide bonds. The Hall–Kier alpha value is -1.20. The van der Waals surface area contributed by atoms with E-state index in [1.54, 1.807) is 6.20 Å². The zero-order valence-corrected chi connectivity index (χ0v) is 11.4. The molecule has 5 heteroatoms. The van der Waals surface area contributed by atoms with Crippen LogP contribution in [0, 0.1) is 5.92 Å². The molecule has 2 rings (SSSR count). The Bertz CT molecular complexity index is 418. The molecule has 1 aromatic heterocycles. The van der Waals surface area contributed by atoms with E-state index < -0.39 is 0 Å². The molecule has 0 atom stereocenters. The first kappa shape index (κ1) is 13.2. The molecular weight excluding hydrogens is 246 g/mol. The molecule has 1 fully saturated rings. The van der Waals surface area contributed by atoms with Crippen LogP contribution in [0.15, 0.2) is 18.3 Å². The molecule has 0 radical (unpaired) electrons. The maximum Gasteiger partial charge on any atom is 0.124 e. The van der Waals surface area contributed by atoms with E-state index >= 15 is 0 Å².